The molecule has 0 aliphatic carbocycles. The normalized spacial score (nSPS) is 10.4. The molecule has 1 aromatic carbocycles. The summed E-state index contributed by atoms with van der Waals surface area (Å²) in [5.41, 5.74) is 2.80. The van der Waals surface area contributed by atoms with E-state index in [1.54, 1.807) is 7.11 Å². The van der Waals surface area contributed by atoms with Crippen molar-refractivity contribution in [3.63, 3.8) is 0 Å². The number of hydrogen-bond acceptors (Lipinski definition) is 4. The van der Waals surface area contributed by atoms with Crippen molar-refractivity contribution in [3.8, 4) is 0 Å². The van der Waals surface area contributed by atoms with Gasteiger partial charge in [0.15, 0.2) is 0 Å². The average molecular weight is 294 g/mol. The second kappa shape index (κ2) is 10.2. The highest BCUT2D eigenvalue weighted by molar-refractivity contribution is 5.94. The molecule has 0 radical (unpaired) electrons. The molecule has 0 aliphatic heterocycles. The Labute approximate surface area is 127 Å². The van der Waals surface area contributed by atoms with Crippen molar-refractivity contribution >= 4 is 11.6 Å². The first kappa shape index (κ1) is 17.5. The van der Waals surface area contributed by atoms with E-state index in [4.69, 9.17) is 9.47 Å². The molecule has 0 bridgehead atoms. The topological polar surface area (TPSA) is 59.6 Å². The maximum Gasteiger partial charge on any atom is 0.251 e. The van der Waals surface area contributed by atoms with Crippen LogP contribution in [0.3, 0.4) is 0 Å². The molecule has 0 atom stereocenters. The molecule has 1 amide bonds. The minimum atomic E-state index is -0.0268. The largest absolute Gasteiger partial charge is 0.388 e. The number of unbranched alkanes of at least 4 members (excludes halogenated alkanes) is 1. The number of amides is 1. The number of nitrogens with one attached hydrogen (secondary N) is 2. The lowest BCUT2D eigenvalue weighted by Gasteiger charge is -2.09. The van der Waals surface area contributed by atoms with Crippen LogP contribution < -0.4 is 10.6 Å². The zero-order valence-corrected chi connectivity index (χ0v) is 13.2. The molecule has 0 saturated heterocycles. The Bertz CT molecular complexity index is 436. The van der Waals surface area contributed by atoms with Gasteiger partial charge in [0.2, 0.25) is 0 Å². The van der Waals surface area contributed by atoms with Gasteiger partial charge in [-0.25, -0.2) is 0 Å². The maximum absolute atomic E-state index is 12.0. The van der Waals surface area contributed by atoms with Crippen LogP contribution in [0.1, 0.15) is 28.8 Å². The number of ether oxygens (including phenoxy) is 2. The molecule has 5 nitrogen and oxygen atoms in total. The Kier molecular flexibility index (Phi) is 8.47. The van der Waals surface area contributed by atoms with E-state index >= 15 is 0 Å². The number of rotatable bonds is 10. The van der Waals surface area contributed by atoms with Gasteiger partial charge >= 0.3 is 0 Å². The van der Waals surface area contributed by atoms with Gasteiger partial charge in [0, 0.05) is 38.6 Å². The van der Waals surface area contributed by atoms with Crippen LogP contribution >= 0.6 is 0 Å². The summed E-state index contributed by atoms with van der Waals surface area (Å²) in [5, 5.41) is 6.01. The van der Waals surface area contributed by atoms with E-state index in [1.807, 2.05) is 32.2 Å². The molecule has 1 rings (SSSR count). The summed E-state index contributed by atoms with van der Waals surface area (Å²) in [4.78, 5) is 12.0. The van der Waals surface area contributed by atoms with Gasteiger partial charge in [-0.2, -0.15) is 0 Å². The van der Waals surface area contributed by atoms with Crippen molar-refractivity contribution in [2.24, 2.45) is 0 Å². The first-order chi connectivity index (χ1) is 10.2. The molecule has 1 aromatic rings. The van der Waals surface area contributed by atoms with Gasteiger partial charge in [0.05, 0.1) is 13.2 Å². The number of aryl methyl sites for hydroxylation is 1. The third-order valence-electron chi connectivity index (χ3n) is 3.19. The molecule has 0 unspecified atom stereocenters. The van der Waals surface area contributed by atoms with Crippen molar-refractivity contribution in [1.82, 2.24) is 5.32 Å². The molecule has 5 heteroatoms. The maximum atomic E-state index is 12.0. The van der Waals surface area contributed by atoms with Crippen molar-refractivity contribution in [2.45, 2.75) is 19.8 Å². The number of benzene rings is 1. The van der Waals surface area contributed by atoms with Crippen LogP contribution in [0.25, 0.3) is 0 Å². The Hall–Kier alpha value is -1.59. The Morgan fingerprint density at radius 2 is 2.00 bits per heavy atom. The smallest absolute Gasteiger partial charge is 0.251 e. The van der Waals surface area contributed by atoms with Crippen LogP contribution in [0.5, 0.6) is 0 Å². The third-order valence-corrected chi connectivity index (χ3v) is 3.19. The van der Waals surface area contributed by atoms with Crippen LogP contribution in [-0.4, -0.2) is 46.4 Å². The predicted molar refractivity (Wildman–Crippen MR) is 85.0 cm³/mol. The summed E-state index contributed by atoms with van der Waals surface area (Å²) in [7, 11) is 3.53. The van der Waals surface area contributed by atoms with Crippen molar-refractivity contribution in [1.29, 1.82) is 0 Å². The number of carbonyl (C=O) groups excluding carboxylic acids is 1. The molecule has 118 valence electrons. The summed E-state index contributed by atoms with van der Waals surface area (Å²) in [6.45, 7) is 4.60. The average Bonchev–Trinajstić information content (AvgIpc) is 2.49. The molecule has 0 aliphatic rings. The molecule has 0 saturated carbocycles. The highest BCUT2D eigenvalue weighted by Crippen LogP contribution is 2.15. The van der Waals surface area contributed by atoms with E-state index in [9.17, 15) is 4.79 Å². The van der Waals surface area contributed by atoms with Gasteiger partial charge < -0.3 is 20.1 Å². The van der Waals surface area contributed by atoms with Gasteiger partial charge in [-0.15, -0.1) is 0 Å². The van der Waals surface area contributed by atoms with Crippen molar-refractivity contribution < 1.29 is 14.3 Å². The first-order valence-corrected chi connectivity index (χ1v) is 7.32. The van der Waals surface area contributed by atoms with Gasteiger partial charge in [-0.3, -0.25) is 4.79 Å². The highest BCUT2D eigenvalue weighted by Gasteiger charge is 2.06. The lowest BCUT2D eigenvalue weighted by atomic mass is 10.1. The monoisotopic (exact) mass is 294 g/mol. The van der Waals surface area contributed by atoms with Crippen molar-refractivity contribution in [2.75, 3.05) is 45.8 Å². The fourth-order valence-electron chi connectivity index (χ4n) is 1.96. The van der Waals surface area contributed by atoms with Crippen LogP contribution in [-0.2, 0) is 9.47 Å². The fourth-order valence-corrected chi connectivity index (χ4v) is 1.96. The van der Waals surface area contributed by atoms with E-state index in [-0.39, 0.29) is 5.91 Å². The van der Waals surface area contributed by atoms with Crippen molar-refractivity contribution in [3.05, 3.63) is 29.3 Å². The molecule has 21 heavy (non-hydrogen) atoms. The Morgan fingerprint density at radius 3 is 2.67 bits per heavy atom. The molecule has 0 fully saturated rings. The predicted octanol–water partition coefficient (Wildman–Crippen LogP) is 2.21. The van der Waals surface area contributed by atoms with Crippen LogP contribution in [0.15, 0.2) is 18.2 Å². The van der Waals surface area contributed by atoms with E-state index in [0.717, 1.165) is 24.1 Å². The SMILES string of the molecule is CNc1ccc(C(=O)NCCCCOCCOC)cc1C. The van der Waals surface area contributed by atoms with E-state index in [0.29, 0.717) is 31.9 Å². The van der Waals surface area contributed by atoms with Gasteiger partial charge in [-0.05, 0) is 43.5 Å². The number of carbonyl (C=O) groups is 1. The lowest BCUT2D eigenvalue weighted by molar-refractivity contribution is 0.0686. The van der Waals surface area contributed by atoms with E-state index in [1.165, 1.54) is 0 Å². The first-order valence-electron chi connectivity index (χ1n) is 7.32. The summed E-state index contributed by atoms with van der Waals surface area (Å²) in [5.74, 6) is -0.0268. The molecule has 2 N–H and O–H groups in total. The van der Waals surface area contributed by atoms with Crippen LogP contribution in [0.4, 0.5) is 5.69 Å². The Balaban J connectivity index is 2.20. The van der Waals surface area contributed by atoms with Gasteiger partial charge in [0.1, 0.15) is 0 Å². The number of methoxy groups -OCH3 is 1. The summed E-state index contributed by atoms with van der Waals surface area (Å²) in [6.07, 6.45) is 1.84. The lowest BCUT2D eigenvalue weighted by Crippen LogP contribution is -2.24. The molecular formula is C16H26N2O3. The fraction of sp³-hybridized carbons (Fsp3) is 0.562. The zero-order chi connectivity index (χ0) is 15.5. The highest BCUT2D eigenvalue weighted by atomic mass is 16.5. The van der Waals surface area contributed by atoms with E-state index < -0.39 is 0 Å². The number of hydrogen-bond donors (Lipinski definition) is 2. The van der Waals surface area contributed by atoms with E-state index in [2.05, 4.69) is 10.6 Å². The molecule has 0 aromatic heterocycles. The summed E-state index contributed by atoms with van der Waals surface area (Å²) >= 11 is 0. The quantitative estimate of drug-likeness (QED) is 0.650. The van der Waals surface area contributed by atoms with Gasteiger partial charge in [0.25, 0.3) is 5.91 Å². The standard InChI is InChI=1S/C16H26N2O3/c1-13-12-14(6-7-15(13)17-2)16(19)18-8-4-5-9-21-11-10-20-3/h6-7,12,17H,4-5,8-11H2,1-3H3,(H,18,19). The second-order valence-corrected chi connectivity index (χ2v) is 4.85. The number of anilines is 1. The van der Waals surface area contributed by atoms with Crippen LogP contribution in [0.2, 0.25) is 0 Å². The minimum absolute atomic E-state index is 0.0268. The molecule has 0 spiro atoms. The second-order valence-electron chi connectivity index (χ2n) is 4.85. The molecule has 0 heterocycles. The Morgan fingerprint density at radius 1 is 1.19 bits per heavy atom. The van der Waals surface area contributed by atoms with Gasteiger partial charge in [-0.1, -0.05) is 0 Å². The minimum Gasteiger partial charge on any atom is -0.388 e. The summed E-state index contributed by atoms with van der Waals surface area (Å²) in [6, 6.07) is 5.66. The zero-order valence-electron chi connectivity index (χ0n) is 13.2. The third kappa shape index (κ3) is 6.60. The molecular weight excluding hydrogens is 268 g/mol. The van der Waals surface area contributed by atoms with Crippen LogP contribution in [0, 0.1) is 6.92 Å². The summed E-state index contributed by atoms with van der Waals surface area (Å²) < 4.78 is 10.3.